The lowest BCUT2D eigenvalue weighted by atomic mass is 10.2. The van der Waals surface area contributed by atoms with Gasteiger partial charge in [-0.3, -0.25) is 4.79 Å². The first-order chi connectivity index (χ1) is 8.18. The Bertz CT molecular complexity index is 526. The average molecular weight is 238 g/mol. The lowest BCUT2D eigenvalue weighted by molar-refractivity contribution is 0.0945. The van der Waals surface area contributed by atoms with Gasteiger partial charge in [-0.1, -0.05) is 0 Å². The van der Waals surface area contributed by atoms with Crippen molar-refractivity contribution in [2.75, 3.05) is 0 Å². The van der Waals surface area contributed by atoms with Gasteiger partial charge in [-0.05, 0) is 12.1 Å². The summed E-state index contributed by atoms with van der Waals surface area (Å²) >= 11 is 0. The largest absolute Gasteiger partial charge is 0.472 e. The molecule has 4 nitrogen and oxygen atoms in total. The highest BCUT2D eigenvalue weighted by Gasteiger charge is 2.15. The van der Waals surface area contributed by atoms with Crippen molar-refractivity contribution in [1.82, 2.24) is 10.3 Å². The highest BCUT2D eigenvalue weighted by molar-refractivity contribution is 5.94. The molecule has 0 radical (unpaired) electrons. The number of nitrogens with zero attached hydrogens (tertiary/aromatic N) is 1. The predicted octanol–water partition coefficient (Wildman–Crippen LogP) is 1.88. The van der Waals surface area contributed by atoms with Gasteiger partial charge < -0.3 is 9.73 Å². The fourth-order valence-electron chi connectivity index (χ4n) is 1.26. The molecule has 0 saturated carbocycles. The van der Waals surface area contributed by atoms with Crippen LogP contribution in [0.1, 0.15) is 15.9 Å². The number of hydrogen-bond acceptors (Lipinski definition) is 3. The van der Waals surface area contributed by atoms with Crippen molar-refractivity contribution in [3.63, 3.8) is 0 Å². The maximum absolute atomic E-state index is 13.2. The summed E-state index contributed by atoms with van der Waals surface area (Å²) in [6, 6.07) is 2.77. The van der Waals surface area contributed by atoms with Crippen LogP contribution in [-0.2, 0) is 6.54 Å². The van der Waals surface area contributed by atoms with E-state index in [1.807, 2.05) is 0 Å². The summed E-state index contributed by atoms with van der Waals surface area (Å²) in [5.74, 6) is -3.25. The highest BCUT2D eigenvalue weighted by atomic mass is 19.2. The molecule has 0 spiro atoms. The molecule has 2 rings (SSSR count). The van der Waals surface area contributed by atoms with Crippen LogP contribution >= 0.6 is 0 Å². The van der Waals surface area contributed by atoms with Crippen molar-refractivity contribution in [2.45, 2.75) is 6.54 Å². The van der Waals surface area contributed by atoms with E-state index in [1.165, 1.54) is 12.5 Å². The summed E-state index contributed by atoms with van der Waals surface area (Å²) in [7, 11) is 0. The van der Waals surface area contributed by atoms with Gasteiger partial charge in [0.25, 0.3) is 5.91 Å². The minimum atomic E-state index is -1.29. The van der Waals surface area contributed by atoms with Gasteiger partial charge >= 0.3 is 0 Å². The third kappa shape index (κ3) is 2.47. The lowest BCUT2D eigenvalue weighted by Crippen LogP contribution is -2.24. The van der Waals surface area contributed by atoms with Crippen LogP contribution < -0.4 is 5.32 Å². The van der Waals surface area contributed by atoms with E-state index in [2.05, 4.69) is 10.3 Å². The van der Waals surface area contributed by atoms with Crippen molar-refractivity contribution in [1.29, 1.82) is 0 Å². The van der Waals surface area contributed by atoms with Gasteiger partial charge in [0.2, 0.25) is 5.95 Å². The Balaban J connectivity index is 2.07. The summed E-state index contributed by atoms with van der Waals surface area (Å²) in [5, 5.41) is 2.44. The molecule has 88 valence electrons. The Hall–Kier alpha value is -2.24. The van der Waals surface area contributed by atoms with E-state index in [4.69, 9.17) is 4.42 Å². The second kappa shape index (κ2) is 4.73. The number of amides is 1. The van der Waals surface area contributed by atoms with Gasteiger partial charge in [0.05, 0.1) is 18.1 Å². The fraction of sp³-hybridized carbons (Fsp3) is 0.0909. The average Bonchev–Trinajstić information content (AvgIpc) is 2.82. The molecule has 1 amide bonds. The van der Waals surface area contributed by atoms with Crippen molar-refractivity contribution in [2.24, 2.45) is 0 Å². The zero-order chi connectivity index (χ0) is 12.3. The molecule has 0 aliphatic carbocycles. The number of carbonyl (C=O) groups is 1. The zero-order valence-electron chi connectivity index (χ0n) is 8.61. The Morgan fingerprint density at radius 3 is 2.94 bits per heavy atom. The van der Waals surface area contributed by atoms with Gasteiger partial charge in [0.15, 0.2) is 5.82 Å². The summed E-state index contributed by atoms with van der Waals surface area (Å²) in [6.45, 7) is 0.179. The summed E-state index contributed by atoms with van der Waals surface area (Å²) in [4.78, 5) is 14.6. The van der Waals surface area contributed by atoms with Crippen LogP contribution in [0, 0.1) is 11.8 Å². The number of aromatic nitrogens is 1. The molecular weight excluding hydrogens is 230 g/mol. The number of carbonyl (C=O) groups excluding carboxylic acids is 1. The molecule has 0 saturated heterocycles. The van der Waals surface area contributed by atoms with Gasteiger partial charge in [-0.25, -0.2) is 9.37 Å². The van der Waals surface area contributed by atoms with Crippen LogP contribution in [0.15, 0.2) is 35.3 Å². The Morgan fingerprint density at radius 2 is 2.24 bits per heavy atom. The van der Waals surface area contributed by atoms with Crippen LogP contribution in [-0.4, -0.2) is 10.9 Å². The Morgan fingerprint density at radius 1 is 1.41 bits per heavy atom. The van der Waals surface area contributed by atoms with E-state index in [0.717, 1.165) is 17.8 Å². The minimum absolute atomic E-state index is 0.179. The van der Waals surface area contributed by atoms with E-state index in [1.54, 1.807) is 6.07 Å². The molecule has 2 aromatic rings. The van der Waals surface area contributed by atoms with E-state index in [-0.39, 0.29) is 12.1 Å². The van der Waals surface area contributed by atoms with Gasteiger partial charge in [-0.2, -0.15) is 4.39 Å². The fourth-order valence-corrected chi connectivity index (χ4v) is 1.26. The van der Waals surface area contributed by atoms with Crippen LogP contribution in [0.3, 0.4) is 0 Å². The number of rotatable bonds is 3. The Kier molecular flexibility index (Phi) is 3.13. The van der Waals surface area contributed by atoms with E-state index < -0.39 is 17.7 Å². The molecule has 6 heteroatoms. The molecule has 17 heavy (non-hydrogen) atoms. The summed E-state index contributed by atoms with van der Waals surface area (Å²) in [5.41, 5.74) is 0.356. The van der Waals surface area contributed by atoms with Gasteiger partial charge in [0.1, 0.15) is 0 Å². The predicted molar refractivity (Wildman–Crippen MR) is 54.0 cm³/mol. The molecule has 0 aromatic carbocycles. The maximum atomic E-state index is 13.2. The number of pyridine rings is 1. The third-order valence-electron chi connectivity index (χ3n) is 2.12. The maximum Gasteiger partial charge on any atom is 0.254 e. The molecule has 0 fully saturated rings. The SMILES string of the molecule is O=C(NCc1ccoc1)c1ccnc(F)c1F. The van der Waals surface area contributed by atoms with Crippen LogP contribution in [0.4, 0.5) is 8.78 Å². The lowest BCUT2D eigenvalue weighted by Gasteiger charge is -2.04. The monoisotopic (exact) mass is 238 g/mol. The van der Waals surface area contributed by atoms with Crippen molar-refractivity contribution < 1.29 is 18.0 Å². The molecule has 0 atom stereocenters. The topological polar surface area (TPSA) is 55.1 Å². The first-order valence-electron chi connectivity index (χ1n) is 4.78. The minimum Gasteiger partial charge on any atom is -0.472 e. The van der Waals surface area contributed by atoms with Crippen molar-refractivity contribution >= 4 is 5.91 Å². The molecular formula is C11H8F2N2O2. The molecule has 0 aliphatic rings. The third-order valence-corrected chi connectivity index (χ3v) is 2.12. The summed E-state index contributed by atoms with van der Waals surface area (Å²) in [6.07, 6.45) is 3.93. The highest BCUT2D eigenvalue weighted by Crippen LogP contribution is 2.09. The van der Waals surface area contributed by atoms with Crippen LogP contribution in [0.2, 0.25) is 0 Å². The standard InChI is InChI=1S/C11H8F2N2O2/c12-9-8(1-3-14-10(9)13)11(16)15-5-7-2-4-17-6-7/h1-4,6H,5H2,(H,15,16). The number of nitrogens with one attached hydrogen (secondary N) is 1. The first-order valence-corrected chi connectivity index (χ1v) is 4.78. The second-order valence-electron chi connectivity index (χ2n) is 3.28. The summed E-state index contributed by atoms with van der Waals surface area (Å²) < 4.78 is 30.8. The van der Waals surface area contributed by atoms with Crippen LogP contribution in [0.5, 0.6) is 0 Å². The zero-order valence-corrected chi connectivity index (χ0v) is 8.61. The van der Waals surface area contributed by atoms with E-state index in [9.17, 15) is 13.6 Å². The first kappa shape index (κ1) is 11.3. The van der Waals surface area contributed by atoms with Crippen molar-refractivity contribution in [3.05, 3.63) is 53.7 Å². The van der Waals surface area contributed by atoms with Gasteiger partial charge in [0, 0.05) is 18.3 Å². The molecule has 2 aromatic heterocycles. The Labute approximate surface area is 95.3 Å². The van der Waals surface area contributed by atoms with E-state index in [0.29, 0.717) is 0 Å². The molecule has 0 unspecified atom stereocenters. The number of furan rings is 1. The molecule has 0 bridgehead atoms. The van der Waals surface area contributed by atoms with E-state index >= 15 is 0 Å². The van der Waals surface area contributed by atoms with Crippen LogP contribution in [0.25, 0.3) is 0 Å². The molecule has 1 N–H and O–H groups in total. The smallest absolute Gasteiger partial charge is 0.254 e. The molecule has 2 heterocycles. The number of halogens is 2. The quantitative estimate of drug-likeness (QED) is 0.830. The normalized spacial score (nSPS) is 10.2. The van der Waals surface area contributed by atoms with Gasteiger partial charge in [-0.15, -0.1) is 0 Å². The van der Waals surface area contributed by atoms with Crippen molar-refractivity contribution in [3.8, 4) is 0 Å². The number of hydrogen-bond donors (Lipinski definition) is 1. The second-order valence-corrected chi connectivity index (χ2v) is 3.28. The molecule has 0 aliphatic heterocycles.